The molecule has 0 aromatic heterocycles. The lowest BCUT2D eigenvalue weighted by atomic mass is 9.83. The average Bonchev–Trinajstić information content (AvgIpc) is 2.36. The first kappa shape index (κ1) is 13.7. The van der Waals surface area contributed by atoms with E-state index in [1.807, 2.05) is 0 Å². The molecule has 0 aromatic carbocycles. The monoisotopic (exact) mass is 258 g/mol. The van der Waals surface area contributed by atoms with Crippen LogP contribution < -0.4 is 5.32 Å². The second-order valence-electron chi connectivity index (χ2n) is 4.08. The van der Waals surface area contributed by atoms with Crippen LogP contribution in [0.15, 0.2) is 5.29 Å². The van der Waals surface area contributed by atoms with Crippen LogP contribution in [-0.4, -0.2) is 29.0 Å². The molecule has 1 saturated carbocycles. The van der Waals surface area contributed by atoms with Gasteiger partial charge in [0.15, 0.2) is 0 Å². The number of hydrogen-bond acceptors (Lipinski definition) is 4. The summed E-state index contributed by atoms with van der Waals surface area (Å²) in [4.78, 5) is 22.2. The van der Waals surface area contributed by atoms with Gasteiger partial charge in [-0.2, -0.15) is 10.3 Å². The first-order chi connectivity index (χ1) is 8.17. The molecule has 0 aromatic rings. The molecule has 94 valence electrons. The lowest BCUT2D eigenvalue weighted by Gasteiger charge is -2.32. The molecule has 0 heterocycles. The normalized spacial score (nSPS) is 17.9. The van der Waals surface area contributed by atoms with Crippen molar-refractivity contribution in [2.24, 2.45) is 5.29 Å². The Bertz CT molecular complexity index is 323. The van der Waals surface area contributed by atoms with Crippen LogP contribution in [0.2, 0.25) is 0 Å². The number of nitriles is 1. The maximum Gasteiger partial charge on any atom is 0.341 e. The highest BCUT2D eigenvalue weighted by Crippen LogP contribution is 2.27. The minimum atomic E-state index is -0.857. The summed E-state index contributed by atoms with van der Waals surface area (Å²) in [6, 6.07) is 1.49. The van der Waals surface area contributed by atoms with E-state index in [9.17, 15) is 9.70 Å². The number of alkyl halides is 1. The number of halogens is 1. The van der Waals surface area contributed by atoms with E-state index in [-0.39, 0.29) is 12.4 Å². The van der Waals surface area contributed by atoms with Crippen molar-refractivity contribution in [3.05, 3.63) is 4.91 Å². The number of nitrogens with zero attached hydrogens (tertiary/aromatic N) is 3. The lowest BCUT2D eigenvalue weighted by molar-refractivity contribution is 0.185. The molecular weight excluding hydrogens is 244 g/mol. The van der Waals surface area contributed by atoms with Crippen molar-refractivity contribution in [3.8, 4) is 6.07 Å². The van der Waals surface area contributed by atoms with E-state index < -0.39 is 11.6 Å². The SMILES string of the molecule is N#CC1(NC(=O)N(CCCl)N=O)CCCCC1. The largest absolute Gasteiger partial charge is 0.341 e. The van der Waals surface area contributed by atoms with Gasteiger partial charge in [0.2, 0.25) is 0 Å². The first-order valence-corrected chi connectivity index (χ1v) is 6.11. The van der Waals surface area contributed by atoms with Crippen LogP contribution in [0.25, 0.3) is 0 Å². The highest BCUT2D eigenvalue weighted by Gasteiger charge is 2.35. The smallest absolute Gasteiger partial charge is 0.318 e. The van der Waals surface area contributed by atoms with E-state index in [0.29, 0.717) is 17.9 Å². The van der Waals surface area contributed by atoms with Gasteiger partial charge in [-0.15, -0.1) is 16.5 Å². The number of nitroso groups, excluding NO2 is 1. The van der Waals surface area contributed by atoms with Gasteiger partial charge in [-0.05, 0) is 12.8 Å². The molecule has 17 heavy (non-hydrogen) atoms. The second-order valence-corrected chi connectivity index (χ2v) is 4.46. The summed E-state index contributed by atoms with van der Waals surface area (Å²) in [5.74, 6) is 0.124. The summed E-state index contributed by atoms with van der Waals surface area (Å²) in [7, 11) is 0. The average molecular weight is 259 g/mol. The molecule has 1 aliphatic carbocycles. The van der Waals surface area contributed by atoms with Crippen LogP contribution in [0, 0.1) is 16.2 Å². The van der Waals surface area contributed by atoms with Gasteiger partial charge in [0.05, 0.1) is 17.9 Å². The number of nitrogens with one attached hydrogen (secondary N) is 1. The molecule has 1 rings (SSSR count). The molecule has 2 amide bonds. The van der Waals surface area contributed by atoms with Crippen molar-refractivity contribution < 1.29 is 4.79 Å². The minimum Gasteiger partial charge on any atom is -0.318 e. The summed E-state index contributed by atoms with van der Waals surface area (Å²) < 4.78 is 0. The van der Waals surface area contributed by atoms with Gasteiger partial charge in [-0.25, -0.2) is 4.79 Å². The Morgan fingerprint density at radius 1 is 1.47 bits per heavy atom. The zero-order valence-electron chi connectivity index (χ0n) is 9.49. The number of rotatable bonds is 4. The van der Waals surface area contributed by atoms with Crippen molar-refractivity contribution in [2.75, 3.05) is 12.4 Å². The summed E-state index contributed by atoms with van der Waals surface area (Å²) >= 11 is 5.44. The Morgan fingerprint density at radius 3 is 2.59 bits per heavy atom. The van der Waals surface area contributed by atoms with Gasteiger partial charge in [-0.1, -0.05) is 19.3 Å². The molecule has 6 nitrogen and oxygen atoms in total. The Hall–Kier alpha value is -1.35. The fourth-order valence-electron chi connectivity index (χ4n) is 1.95. The van der Waals surface area contributed by atoms with Crippen LogP contribution in [0.1, 0.15) is 32.1 Å². The minimum absolute atomic E-state index is 0.0401. The van der Waals surface area contributed by atoms with Crippen LogP contribution in [0.4, 0.5) is 4.79 Å². The Kier molecular flexibility index (Phi) is 5.16. The Balaban J connectivity index is 2.64. The van der Waals surface area contributed by atoms with E-state index in [1.165, 1.54) is 0 Å². The summed E-state index contributed by atoms with van der Waals surface area (Å²) in [5.41, 5.74) is -0.857. The summed E-state index contributed by atoms with van der Waals surface area (Å²) in [5, 5.41) is 15.0. The van der Waals surface area contributed by atoms with Crippen molar-refractivity contribution in [3.63, 3.8) is 0 Å². The summed E-state index contributed by atoms with van der Waals surface area (Å²) in [6.07, 6.45) is 4.10. The Labute approximate surface area is 105 Å². The number of amides is 2. The van der Waals surface area contributed by atoms with E-state index in [4.69, 9.17) is 16.9 Å². The number of carbonyl (C=O) groups excluding carboxylic acids is 1. The molecule has 0 spiro atoms. The number of hydrogen-bond donors (Lipinski definition) is 1. The highest BCUT2D eigenvalue weighted by atomic mass is 35.5. The lowest BCUT2D eigenvalue weighted by Crippen LogP contribution is -2.52. The fraction of sp³-hybridized carbons (Fsp3) is 0.800. The summed E-state index contributed by atoms with van der Waals surface area (Å²) in [6.45, 7) is 0.0401. The first-order valence-electron chi connectivity index (χ1n) is 5.57. The molecule has 0 atom stereocenters. The molecule has 0 aliphatic heterocycles. The molecule has 1 fully saturated rings. The number of urea groups is 1. The molecule has 1 aliphatic rings. The van der Waals surface area contributed by atoms with Crippen molar-refractivity contribution in [1.29, 1.82) is 5.26 Å². The van der Waals surface area contributed by atoms with Gasteiger partial charge >= 0.3 is 6.03 Å². The maximum atomic E-state index is 11.7. The standard InChI is InChI=1S/C10H15ClN4O2/c11-6-7-15(14-17)9(16)13-10(8-12)4-2-1-3-5-10/h1-7H2,(H,13,16). The van der Waals surface area contributed by atoms with Crippen LogP contribution in [0.5, 0.6) is 0 Å². The third kappa shape index (κ3) is 3.56. The van der Waals surface area contributed by atoms with Crippen molar-refractivity contribution in [2.45, 2.75) is 37.6 Å². The molecular formula is C10H15ClN4O2. The fourth-order valence-corrected chi connectivity index (χ4v) is 2.11. The van der Waals surface area contributed by atoms with Gasteiger partial charge < -0.3 is 5.32 Å². The van der Waals surface area contributed by atoms with Gasteiger partial charge in [-0.3, -0.25) is 0 Å². The van der Waals surface area contributed by atoms with E-state index in [0.717, 1.165) is 19.3 Å². The zero-order chi connectivity index (χ0) is 12.7. The molecule has 7 heteroatoms. The van der Waals surface area contributed by atoms with Gasteiger partial charge in [0, 0.05) is 5.88 Å². The quantitative estimate of drug-likeness (QED) is 0.476. The third-order valence-electron chi connectivity index (χ3n) is 2.90. The maximum absolute atomic E-state index is 11.7. The molecule has 1 N–H and O–H groups in total. The van der Waals surface area contributed by atoms with E-state index >= 15 is 0 Å². The van der Waals surface area contributed by atoms with E-state index in [1.54, 1.807) is 0 Å². The van der Waals surface area contributed by atoms with E-state index in [2.05, 4.69) is 16.7 Å². The molecule has 0 saturated heterocycles. The van der Waals surface area contributed by atoms with Crippen LogP contribution in [0.3, 0.4) is 0 Å². The third-order valence-corrected chi connectivity index (χ3v) is 3.07. The molecule has 0 bridgehead atoms. The predicted molar refractivity (Wildman–Crippen MR) is 63.2 cm³/mol. The predicted octanol–water partition coefficient (Wildman–Crippen LogP) is 2.14. The van der Waals surface area contributed by atoms with Gasteiger partial charge in [0.25, 0.3) is 0 Å². The topological polar surface area (TPSA) is 85.6 Å². The Morgan fingerprint density at radius 2 is 2.12 bits per heavy atom. The molecule has 0 radical (unpaired) electrons. The van der Waals surface area contributed by atoms with Crippen molar-refractivity contribution >= 4 is 17.6 Å². The van der Waals surface area contributed by atoms with Crippen LogP contribution in [-0.2, 0) is 0 Å². The molecule has 0 unspecified atom stereocenters. The second kappa shape index (κ2) is 6.40. The van der Waals surface area contributed by atoms with Gasteiger partial charge in [0.1, 0.15) is 5.54 Å². The highest BCUT2D eigenvalue weighted by molar-refractivity contribution is 6.18. The number of carbonyl (C=O) groups is 1. The van der Waals surface area contributed by atoms with Crippen LogP contribution >= 0.6 is 11.6 Å². The zero-order valence-corrected chi connectivity index (χ0v) is 10.2. The van der Waals surface area contributed by atoms with Crippen molar-refractivity contribution in [1.82, 2.24) is 10.3 Å².